The fourth-order valence-electron chi connectivity index (χ4n) is 2.59. The van der Waals surface area contributed by atoms with Crippen LogP contribution in [-0.4, -0.2) is 43.8 Å². The maximum absolute atomic E-state index is 12.2. The van der Waals surface area contributed by atoms with Crippen LogP contribution in [0.15, 0.2) is 0 Å². The van der Waals surface area contributed by atoms with Crippen LogP contribution >= 0.6 is 11.3 Å². The summed E-state index contributed by atoms with van der Waals surface area (Å²) in [6, 6.07) is 0. The highest BCUT2D eigenvalue weighted by Gasteiger charge is 2.26. The van der Waals surface area contributed by atoms with Gasteiger partial charge in [-0.3, -0.25) is 4.79 Å². The molecular formula is C17H23NO6S. The van der Waals surface area contributed by atoms with Crippen LogP contribution in [0, 0.1) is 6.92 Å². The first-order chi connectivity index (χ1) is 12.0. The molecular weight excluding hydrogens is 346 g/mol. The van der Waals surface area contributed by atoms with Crippen LogP contribution in [-0.2, 0) is 30.2 Å². The average Bonchev–Trinajstić information content (AvgIpc) is 3.21. The quantitative estimate of drug-likeness (QED) is 0.743. The molecule has 1 aromatic rings. The van der Waals surface area contributed by atoms with Crippen molar-refractivity contribution in [3.8, 4) is 0 Å². The van der Waals surface area contributed by atoms with Crippen molar-refractivity contribution in [1.29, 1.82) is 0 Å². The second kappa shape index (κ2) is 8.96. The molecule has 7 nitrogen and oxygen atoms in total. The Morgan fingerprint density at radius 3 is 2.64 bits per heavy atom. The monoisotopic (exact) mass is 369 g/mol. The summed E-state index contributed by atoms with van der Waals surface area (Å²) in [5.41, 5.74) is 1.17. The number of carbonyl (C=O) groups is 3. The second-order valence-corrected chi connectivity index (χ2v) is 6.69. The van der Waals surface area contributed by atoms with Crippen molar-refractivity contribution in [2.45, 2.75) is 46.1 Å². The van der Waals surface area contributed by atoms with Crippen LogP contribution in [0.2, 0.25) is 0 Å². The number of thiophene rings is 1. The number of rotatable bonds is 7. The van der Waals surface area contributed by atoms with Gasteiger partial charge in [0, 0.05) is 11.5 Å². The summed E-state index contributed by atoms with van der Waals surface area (Å²) in [6.07, 6.45) is 1.58. The van der Waals surface area contributed by atoms with Crippen LogP contribution in [0.3, 0.4) is 0 Å². The molecule has 1 atom stereocenters. The van der Waals surface area contributed by atoms with Crippen LogP contribution in [0.25, 0.3) is 0 Å². The fourth-order valence-corrected chi connectivity index (χ4v) is 3.74. The number of amides is 1. The second-order valence-electron chi connectivity index (χ2n) is 5.59. The lowest BCUT2D eigenvalue weighted by Gasteiger charge is -2.10. The first kappa shape index (κ1) is 19.4. The van der Waals surface area contributed by atoms with Crippen molar-refractivity contribution >= 4 is 34.2 Å². The Morgan fingerprint density at radius 1 is 1.28 bits per heavy atom. The standard InChI is InChI=1S/C17H23NO6S/c1-4-12-10(3)14(17(21)22-5-2)15(25-12)18-13(19)9-24-16(20)11-7-6-8-23-11/h11H,4-9H2,1-3H3,(H,18,19)/t11-/m1/s1. The molecule has 0 spiro atoms. The number of anilines is 1. The highest BCUT2D eigenvalue weighted by atomic mass is 32.1. The van der Waals surface area contributed by atoms with E-state index in [9.17, 15) is 14.4 Å². The van der Waals surface area contributed by atoms with Gasteiger partial charge in [-0.15, -0.1) is 11.3 Å². The zero-order chi connectivity index (χ0) is 18.4. The Balaban J connectivity index is 2.01. The van der Waals surface area contributed by atoms with Crippen LogP contribution in [0.5, 0.6) is 0 Å². The summed E-state index contributed by atoms with van der Waals surface area (Å²) in [4.78, 5) is 37.0. The summed E-state index contributed by atoms with van der Waals surface area (Å²) in [5, 5.41) is 3.07. The summed E-state index contributed by atoms with van der Waals surface area (Å²) < 4.78 is 15.3. The van der Waals surface area contributed by atoms with Gasteiger partial charge < -0.3 is 19.5 Å². The van der Waals surface area contributed by atoms with E-state index in [-0.39, 0.29) is 6.61 Å². The lowest BCUT2D eigenvalue weighted by atomic mass is 10.1. The van der Waals surface area contributed by atoms with E-state index in [1.165, 1.54) is 11.3 Å². The molecule has 0 bridgehead atoms. The van der Waals surface area contributed by atoms with Gasteiger partial charge >= 0.3 is 11.9 Å². The Morgan fingerprint density at radius 2 is 2.04 bits per heavy atom. The van der Waals surface area contributed by atoms with E-state index >= 15 is 0 Å². The summed E-state index contributed by atoms with van der Waals surface area (Å²) >= 11 is 1.33. The molecule has 1 fully saturated rings. The summed E-state index contributed by atoms with van der Waals surface area (Å²) in [7, 11) is 0. The van der Waals surface area contributed by atoms with E-state index < -0.39 is 30.6 Å². The Hall–Kier alpha value is -1.93. The number of hydrogen-bond acceptors (Lipinski definition) is 7. The van der Waals surface area contributed by atoms with Gasteiger partial charge in [-0.2, -0.15) is 0 Å². The maximum Gasteiger partial charge on any atom is 0.341 e. The minimum atomic E-state index is -0.585. The smallest absolute Gasteiger partial charge is 0.341 e. The van der Waals surface area contributed by atoms with Crippen LogP contribution < -0.4 is 5.32 Å². The molecule has 25 heavy (non-hydrogen) atoms. The number of aryl methyl sites for hydroxylation is 1. The topological polar surface area (TPSA) is 90.9 Å². The van der Waals surface area contributed by atoms with E-state index in [0.717, 1.165) is 23.3 Å². The van der Waals surface area contributed by atoms with Gasteiger partial charge in [0.05, 0.1) is 12.2 Å². The molecule has 138 valence electrons. The van der Waals surface area contributed by atoms with Crippen molar-refractivity contribution in [2.75, 3.05) is 25.1 Å². The first-order valence-corrected chi connectivity index (χ1v) is 9.17. The molecule has 8 heteroatoms. The molecule has 1 aliphatic rings. The summed E-state index contributed by atoms with van der Waals surface area (Å²) in [5.74, 6) is -1.50. The number of carbonyl (C=O) groups excluding carboxylic acids is 3. The molecule has 1 aromatic heterocycles. The number of ether oxygens (including phenoxy) is 3. The SMILES string of the molecule is CCOC(=O)c1c(NC(=O)COC(=O)[C@H]2CCCO2)sc(CC)c1C. The maximum atomic E-state index is 12.2. The van der Waals surface area contributed by atoms with Gasteiger partial charge in [0.1, 0.15) is 5.00 Å². The number of nitrogens with one attached hydrogen (secondary N) is 1. The molecule has 1 aliphatic heterocycles. The third kappa shape index (κ3) is 4.79. The van der Waals surface area contributed by atoms with Gasteiger partial charge in [-0.1, -0.05) is 6.92 Å². The highest BCUT2D eigenvalue weighted by Crippen LogP contribution is 2.34. The minimum absolute atomic E-state index is 0.252. The first-order valence-electron chi connectivity index (χ1n) is 8.35. The van der Waals surface area contributed by atoms with Gasteiger partial charge in [-0.25, -0.2) is 9.59 Å². The third-order valence-corrected chi connectivity index (χ3v) is 5.19. The lowest BCUT2D eigenvalue weighted by Crippen LogP contribution is -2.27. The zero-order valence-corrected chi connectivity index (χ0v) is 15.5. The summed E-state index contributed by atoms with van der Waals surface area (Å²) in [6.45, 7) is 5.89. The number of esters is 2. The zero-order valence-electron chi connectivity index (χ0n) is 14.7. The molecule has 0 aromatic carbocycles. The van der Waals surface area contributed by atoms with E-state index in [2.05, 4.69) is 5.32 Å². The van der Waals surface area contributed by atoms with Crippen molar-refractivity contribution < 1.29 is 28.6 Å². The van der Waals surface area contributed by atoms with Gasteiger partial charge in [0.15, 0.2) is 12.7 Å². The Labute approximate surface area is 150 Å². The van der Waals surface area contributed by atoms with Crippen molar-refractivity contribution in [2.24, 2.45) is 0 Å². The minimum Gasteiger partial charge on any atom is -0.462 e. The molecule has 0 aliphatic carbocycles. The van der Waals surface area contributed by atoms with Crippen molar-refractivity contribution in [3.63, 3.8) is 0 Å². The Kier molecular flexibility index (Phi) is 6.95. The van der Waals surface area contributed by atoms with E-state index in [0.29, 0.717) is 23.6 Å². The third-order valence-electron chi connectivity index (χ3n) is 3.84. The van der Waals surface area contributed by atoms with Crippen LogP contribution in [0.1, 0.15) is 47.5 Å². The van der Waals surface area contributed by atoms with Crippen LogP contribution in [0.4, 0.5) is 5.00 Å². The van der Waals surface area contributed by atoms with Crippen molar-refractivity contribution in [3.05, 3.63) is 16.0 Å². The van der Waals surface area contributed by atoms with E-state index in [4.69, 9.17) is 14.2 Å². The average molecular weight is 369 g/mol. The normalized spacial score (nSPS) is 16.5. The fraction of sp³-hybridized carbons (Fsp3) is 0.588. The molecule has 1 saturated heterocycles. The molecule has 0 saturated carbocycles. The molecule has 0 unspecified atom stereocenters. The van der Waals surface area contributed by atoms with Gasteiger partial charge in [0.2, 0.25) is 0 Å². The molecule has 1 amide bonds. The number of hydrogen-bond donors (Lipinski definition) is 1. The van der Waals surface area contributed by atoms with E-state index in [1.807, 2.05) is 13.8 Å². The Bertz CT molecular complexity index is 648. The molecule has 0 radical (unpaired) electrons. The van der Waals surface area contributed by atoms with Gasteiger partial charge in [0.25, 0.3) is 5.91 Å². The highest BCUT2D eigenvalue weighted by molar-refractivity contribution is 7.17. The lowest BCUT2D eigenvalue weighted by molar-refractivity contribution is -0.156. The predicted molar refractivity (Wildman–Crippen MR) is 93.0 cm³/mol. The molecule has 2 heterocycles. The molecule has 1 N–H and O–H groups in total. The van der Waals surface area contributed by atoms with Crippen molar-refractivity contribution in [1.82, 2.24) is 0 Å². The molecule has 2 rings (SSSR count). The predicted octanol–water partition coefficient (Wildman–Crippen LogP) is 2.46. The van der Waals surface area contributed by atoms with Gasteiger partial charge in [-0.05, 0) is 38.7 Å². The van der Waals surface area contributed by atoms with E-state index in [1.54, 1.807) is 6.92 Å². The largest absolute Gasteiger partial charge is 0.462 e.